The van der Waals surface area contributed by atoms with Gasteiger partial charge in [-0.15, -0.1) is 0 Å². The van der Waals surface area contributed by atoms with E-state index in [1.165, 1.54) is 22.3 Å². The standard InChI is InChI=1S/C18H21NO2/c1-21-13-11-19(10-12-20)18-16-8-4-2-6-14(16)15-7-3-5-9-17(15)18/h2-9,18,20H,10-13H2,1H3. The van der Waals surface area contributed by atoms with Gasteiger partial charge in [0.1, 0.15) is 0 Å². The van der Waals surface area contributed by atoms with Gasteiger partial charge in [-0.25, -0.2) is 0 Å². The molecule has 2 aromatic rings. The van der Waals surface area contributed by atoms with Gasteiger partial charge in [0.2, 0.25) is 0 Å². The van der Waals surface area contributed by atoms with Crippen molar-refractivity contribution in [2.24, 2.45) is 0 Å². The van der Waals surface area contributed by atoms with E-state index in [1.807, 2.05) is 0 Å². The number of fused-ring (bicyclic) bond motifs is 3. The summed E-state index contributed by atoms with van der Waals surface area (Å²) in [5.74, 6) is 0. The quantitative estimate of drug-likeness (QED) is 0.885. The minimum atomic E-state index is 0.157. The molecule has 0 saturated carbocycles. The largest absolute Gasteiger partial charge is 0.395 e. The van der Waals surface area contributed by atoms with E-state index in [1.54, 1.807) is 7.11 Å². The van der Waals surface area contributed by atoms with Crippen molar-refractivity contribution in [2.45, 2.75) is 6.04 Å². The molecule has 1 aliphatic carbocycles. The number of benzene rings is 2. The van der Waals surface area contributed by atoms with Crippen LogP contribution in [0.15, 0.2) is 48.5 Å². The molecule has 0 radical (unpaired) electrons. The van der Waals surface area contributed by atoms with Gasteiger partial charge in [-0.05, 0) is 22.3 Å². The summed E-state index contributed by atoms with van der Waals surface area (Å²) in [4.78, 5) is 2.30. The number of hydrogen-bond donors (Lipinski definition) is 1. The van der Waals surface area contributed by atoms with Gasteiger partial charge in [0.15, 0.2) is 0 Å². The van der Waals surface area contributed by atoms with Gasteiger partial charge in [0, 0.05) is 20.2 Å². The van der Waals surface area contributed by atoms with Gasteiger partial charge in [-0.3, -0.25) is 4.90 Å². The Morgan fingerprint density at radius 3 is 2.05 bits per heavy atom. The number of aliphatic hydroxyl groups is 1. The van der Waals surface area contributed by atoms with E-state index in [4.69, 9.17) is 4.74 Å². The average molecular weight is 283 g/mol. The van der Waals surface area contributed by atoms with Crippen LogP contribution in [0.3, 0.4) is 0 Å². The molecule has 3 nitrogen and oxygen atoms in total. The van der Waals surface area contributed by atoms with Crippen molar-refractivity contribution >= 4 is 0 Å². The molecule has 0 atom stereocenters. The highest BCUT2D eigenvalue weighted by molar-refractivity contribution is 5.78. The third-order valence-electron chi connectivity index (χ3n) is 4.14. The molecule has 0 heterocycles. The molecule has 21 heavy (non-hydrogen) atoms. The van der Waals surface area contributed by atoms with Crippen molar-refractivity contribution in [1.29, 1.82) is 0 Å². The predicted molar refractivity (Wildman–Crippen MR) is 84.3 cm³/mol. The highest BCUT2D eigenvalue weighted by Crippen LogP contribution is 2.45. The normalized spacial score (nSPS) is 13.5. The van der Waals surface area contributed by atoms with Crippen LogP contribution < -0.4 is 0 Å². The molecule has 0 amide bonds. The van der Waals surface area contributed by atoms with Crippen molar-refractivity contribution in [1.82, 2.24) is 4.90 Å². The number of hydrogen-bond acceptors (Lipinski definition) is 3. The van der Waals surface area contributed by atoms with Crippen molar-refractivity contribution in [2.75, 3.05) is 33.4 Å². The van der Waals surface area contributed by atoms with Crippen LogP contribution >= 0.6 is 0 Å². The van der Waals surface area contributed by atoms with E-state index < -0.39 is 0 Å². The lowest BCUT2D eigenvalue weighted by Crippen LogP contribution is -2.34. The second kappa shape index (κ2) is 6.39. The Balaban J connectivity index is 2.04. The lowest BCUT2D eigenvalue weighted by molar-refractivity contribution is 0.114. The molecule has 3 rings (SSSR count). The van der Waals surface area contributed by atoms with Crippen LogP contribution in [0.1, 0.15) is 17.2 Å². The van der Waals surface area contributed by atoms with Gasteiger partial charge < -0.3 is 9.84 Å². The van der Waals surface area contributed by atoms with Crippen molar-refractivity contribution in [3.8, 4) is 11.1 Å². The molecule has 0 aromatic heterocycles. The summed E-state index contributed by atoms with van der Waals surface area (Å²) in [6.07, 6.45) is 0. The Kier molecular flexibility index (Phi) is 4.34. The highest BCUT2D eigenvalue weighted by atomic mass is 16.5. The van der Waals surface area contributed by atoms with Crippen molar-refractivity contribution in [3.05, 3.63) is 59.7 Å². The minimum absolute atomic E-state index is 0.157. The smallest absolute Gasteiger partial charge is 0.0615 e. The summed E-state index contributed by atoms with van der Waals surface area (Å²) >= 11 is 0. The molecule has 2 aromatic carbocycles. The maximum atomic E-state index is 9.41. The van der Waals surface area contributed by atoms with Crippen molar-refractivity contribution < 1.29 is 9.84 Å². The second-order valence-electron chi connectivity index (χ2n) is 5.33. The lowest BCUT2D eigenvalue weighted by atomic mass is 10.0. The molecule has 0 fully saturated rings. The topological polar surface area (TPSA) is 32.7 Å². The van der Waals surface area contributed by atoms with Crippen LogP contribution in [0.2, 0.25) is 0 Å². The third kappa shape index (κ3) is 2.60. The molecule has 0 bridgehead atoms. The predicted octanol–water partition coefficient (Wildman–Crippen LogP) is 2.70. The zero-order valence-electron chi connectivity index (χ0n) is 12.3. The van der Waals surface area contributed by atoms with Gasteiger partial charge >= 0.3 is 0 Å². The SMILES string of the molecule is COCCN(CCO)C1c2ccccc2-c2ccccc21. The molecular formula is C18H21NO2. The van der Waals surface area contributed by atoms with Gasteiger partial charge in [-0.2, -0.15) is 0 Å². The Morgan fingerprint density at radius 1 is 0.952 bits per heavy atom. The third-order valence-corrected chi connectivity index (χ3v) is 4.14. The summed E-state index contributed by atoms with van der Waals surface area (Å²) in [5, 5.41) is 9.41. The van der Waals surface area contributed by atoms with Crippen LogP contribution in [0.25, 0.3) is 11.1 Å². The summed E-state index contributed by atoms with van der Waals surface area (Å²) in [6, 6.07) is 17.3. The van der Waals surface area contributed by atoms with Crippen LogP contribution in [0.5, 0.6) is 0 Å². The molecule has 3 heteroatoms. The molecular weight excluding hydrogens is 262 g/mol. The zero-order chi connectivity index (χ0) is 14.7. The Bertz CT molecular complexity index is 566. The minimum Gasteiger partial charge on any atom is -0.395 e. The fourth-order valence-corrected chi connectivity index (χ4v) is 3.23. The molecule has 1 aliphatic rings. The zero-order valence-corrected chi connectivity index (χ0v) is 12.3. The fraction of sp³-hybridized carbons (Fsp3) is 0.333. The van der Waals surface area contributed by atoms with Gasteiger partial charge in [0.25, 0.3) is 0 Å². The fourth-order valence-electron chi connectivity index (χ4n) is 3.23. The summed E-state index contributed by atoms with van der Waals surface area (Å²) < 4.78 is 5.23. The summed E-state index contributed by atoms with van der Waals surface area (Å²) in [5.41, 5.74) is 5.25. The monoisotopic (exact) mass is 283 g/mol. The van der Waals surface area contributed by atoms with Crippen molar-refractivity contribution in [3.63, 3.8) is 0 Å². The Labute approximate surface area is 125 Å². The first kappa shape index (κ1) is 14.3. The first-order valence-electron chi connectivity index (χ1n) is 7.39. The first-order valence-corrected chi connectivity index (χ1v) is 7.39. The highest BCUT2D eigenvalue weighted by Gasteiger charge is 2.31. The maximum absolute atomic E-state index is 9.41. The Morgan fingerprint density at radius 2 is 1.52 bits per heavy atom. The number of rotatable bonds is 6. The number of ether oxygens (including phenoxy) is 1. The molecule has 0 aliphatic heterocycles. The average Bonchev–Trinajstić information content (AvgIpc) is 2.86. The van der Waals surface area contributed by atoms with Crippen LogP contribution in [0, 0.1) is 0 Å². The van der Waals surface area contributed by atoms with Crippen LogP contribution in [-0.2, 0) is 4.74 Å². The number of aliphatic hydroxyl groups excluding tert-OH is 1. The van der Waals surface area contributed by atoms with Crippen LogP contribution in [0.4, 0.5) is 0 Å². The van der Waals surface area contributed by atoms with E-state index >= 15 is 0 Å². The molecule has 0 unspecified atom stereocenters. The van der Waals surface area contributed by atoms with E-state index in [2.05, 4.69) is 53.4 Å². The number of methoxy groups -OCH3 is 1. The molecule has 0 saturated heterocycles. The molecule has 110 valence electrons. The summed E-state index contributed by atoms with van der Waals surface area (Å²) in [7, 11) is 1.72. The van der Waals surface area contributed by atoms with Gasteiger partial charge in [-0.1, -0.05) is 48.5 Å². The van der Waals surface area contributed by atoms with E-state index in [9.17, 15) is 5.11 Å². The van der Waals surface area contributed by atoms with Gasteiger partial charge in [0.05, 0.1) is 19.3 Å². The van der Waals surface area contributed by atoms with E-state index in [0.29, 0.717) is 13.2 Å². The van der Waals surface area contributed by atoms with E-state index in [-0.39, 0.29) is 12.6 Å². The number of nitrogens with zero attached hydrogens (tertiary/aromatic N) is 1. The Hall–Kier alpha value is -1.68. The molecule has 1 N–H and O–H groups in total. The van der Waals surface area contributed by atoms with Crippen LogP contribution in [-0.4, -0.2) is 43.4 Å². The van der Waals surface area contributed by atoms with E-state index in [0.717, 1.165) is 6.54 Å². The molecule has 0 spiro atoms. The maximum Gasteiger partial charge on any atom is 0.0615 e. The lowest BCUT2D eigenvalue weighted by Gasteiger charge is -2.29. The summed E-state index contributed by atoms with van der Waals surface area (Å²) in [6.45, 7) is 2.28. The first-order chi connectivity index (χ1) is 10.4. The second-order valence-corrected chi connectivity index (χ2v) is 5.33.